The van der Waals surface area contributed by atoms with Crippen molar-refractivity contribution in [3.63, 3.8) is 0 Å². The Labute approximate surface area is 336 Å². The number of ether oxygens (including phenoxy) is 1. The molecule has 16 heteroatoms. The lowest BCUT2D eigenvalue weighted by Crippen LogP contribution is -2.53. The van der Waals surface area contributed by atoms with Gasteiger partial charge >= 0.3 is 0 Å². The molecule has 1 saturated carbocycles. The molecule has 4 heterocycles. The summed E-state index contributed by atoms with van der Waals surface area (Å²) in [6, 6.07) is 14.6. The zero-order chi connectivity index (χ0) is 40.1. The molecular weight excluding hydrogens is 753 g/mol. The Hall–Kier alpha value is -5.33. The number of piperidine rings is 2. The highest BCUT2D eigenvalue weighted by Gasteiger charge is 2.34. The number of nitrogens with one attached hydrogen (secondary N) is 2. The van der Waals surface area contributed by atoms with Crippen LogP contribution in [0, 0.1) is 23.1 Å². The van der Waals surface area contributed by atoms with Crippen molar-refractivity contribution in [2.75, 3.05) is 62.7 Å². The lowest BCUT2D eigenvalue weighted by molar-refractivity contribution is -0.136. The quantitative estimate of drug-likeness (QED) is 0.283. The molecule has 300 valence electrons. The van der Waals surface area contributed by atoms with E-state index < -0.39 is 23.7 Å². The molecule has 2 aromatic carbocycles. The molecule has 4 fully saturated rings. The van der Waals surface area contributed by atoms with E-state index in [1.54, 1.807) is 30.3 Å². The van der Waals surface area contributed by atoms with E-state index in [1.807, 2.05) is 12.1 Å². The number of nitriles is 1. The number of anilines is 2. The molecule has 4 amide bonds. The number of aromatic nitrogens is 2. The maximum Gasteiger partial charge on any atom is 0.272 e. The molecule has 1 aliphatic carbocycles. The Morgan fingerprint density at radius 1 is 0.947 bits per heavy atom. The third kappa shape index (κ3) is 9.62. The molecule has 14 nitrogen and oxygen atoms in total. The Balaban J connectivity index is 0.807. The highest BCUT2D eigenvalue weighted by Crippen LogP contribution is 2.29. The SMILES string of the molecule is CN(C(=O)c1ccc(N2CCN(CC3CCN(c4ccc(C(=O)NC5CCC(Oc6ccc(C#N)c(Cl)c6)CC5)nn4)CC3)CC2)cc1F)C1CCC(=O)NC1=O. The molecular formula is C41H47ClFN9O5. The van der Waals surface area contributed by atoms with E-state index in [0.29, 0.717) is 33.6 Å². The van der Waals surface area contributed by atoms with E-state index in [9.17, 15) is 19.2 Å². The number of halogens is 2. The lowest BCUT2D eigenvalue weighted by atomic mass is 9.93. The molecule has 7 rings (SSSR count). The van der Waals surface area contributed by atoms with Gasteiger partial charge in [0.05, 0.1) is 22.3 Å². The fourth-order valence-electron chi connectivity index (χ4n) is 8.21. The van der Waals surface area contributed by atoms with E-state index in [1.165, 1.54) is 24.1 Å². The van der Waals surface area contributed by atoms with Gasteiger partial charge in [0.1, 0.15) is 23.7 Å². The van der Waals surface area contributed by atoms with Gasteiger partial charge in [0, 0.05) is 77.1 Å². The van der Waals surface area contributed by atoms with E-state index in [0.717, 1.165) is 90.2 Å². The summed E-state index contributed by atoms with van der Waals surface area (Å²) in [6.45, 7) is 5.86. The molecule has 2 N–H and O–H groups in total. The van der Waals surface area contributed by atoms with Crippen LogP contribution >= 0.6 is 11.6 Å². The third-order valence-corrected chi connectivity index (χ3v) is 11.9. The number of benzene rings is 2. The minimum atomic E-state index is -0.815. The molecule has 0 spiro atoms. The second kappa shape index (κ2) is 17.9. The molecule has 0 bridgehead atoms. The third-order valence-electron chi connectivity index (χ3n) is 11.6. The number of carbonyl (C=O) groups is 4. The highest BCUT2D eigenvalue weighted by atomic mass is 35.5. The van der Waals surface area contributed by atoms with E-state index in [2.05, 4.69) is 35.5 Å². The second-order valence-electron chi connectivity index (χ2n) is 15.4. The van der Waals surface area contributed by atoms with Gasteiger partial charge in [-0.1, -0.05) is 11.6 Å². The first-order valence-electron chi connectivity index (χ1n) is 19.7. The number of amides is 4. The molecule has 0 radical (unpaired) electrons. The summed E-state index contributed by atoms with van der Waals surface area (Å²) in [5.41, 5.74) is 1.32. The average Bonchev–Trinajstić information content (AvgIpc) is 3.22. The van der Waals surface area contributed by atoms with E-state index >= 15 is 4.39 Å². The minimum Gasteiger partial charge on any atom is -0.490 e. The van der Waals surface area contributed by atoms with Crippen molar-refractivity contribution < 1.29 is 28.3 Å². The topological polar surface area (TPSA) is 164 Å². The van der Waals surface area contributed by atoms with E-state index in [-0.39, 0.29) is 42.4 Å². The van der Waals surface area contributed by atoms with Crippen LogP contribution < -0.4 is 25.2 Å². The molecule has 3 aliphatic heterocycles. The molecule has 1 unspecified atom stereocenters. The number of rotatable bonds is 10. The number of piperazine rings is 1. The van der Waals surface area contributed by atoms with Crippen molar-refractivity contribution >= 4 is 46.7 Å². The highest BCUT2D eigenvalue weighted by molar-refractivity contribution is 6.31. The van der Waals surface area contributed by atoms with Crippen LogP contribution in [-0.2, 0) is 9.59 Å². The van der Waals surface area contributed by atoms with Gasteiger partial charge in [-0.25, -0.2) is 4.39 Å². The fraction of sp³-hybridized carbons (Fsp3) is 0.488. The zero-order valence-corrected chi connectivity index (χ0v) is 32.7. The van der Waals surface area contributed by atoms with Crippen LogP contribution in [0.15, 0.2) is 48.5 Å². The molecule has 1 aromatic heterocycles. The number of likely N-dealkylation sites (N-methyl/N-ethyl adjacent to an activating group) is 1. The van der Waals surface area contributed by atoms with Crippen molar-refractivity contribution in [3.8, 4) is 11.8 Å². The Morgan fingerprint density at radius 3 is 2.35 bits per heavy atom. The standard InChI is InChI=1S/C41H47ClFN9O5/c1-49(36-11-13-38(53)46-40(36)55)41(56)32-9-5-29(22-34(32)43)51-20-18-50(19-21-51)25-26-14-16-52(17-15-26)37-12-10-35(47-48-37)39(54)45-28-3-7-30(8-4-28)57-31-6-2-27(24-44)33(42)23-31/h2,5-6,9-10,12,22-23,26,28,30,36H,3-4,7-8,11,13-21,25H2,1H3,(H,45,54)(H,46,53,55). The van der Waals surface area contributed by atoms with Gasteiger partial charge in [-0.05, 0) is 93.3 Å². The predicted molar refractivity (Wildman–Crippen MR) is 211 cm³/mol. The second-order valence-corrected chi connectivity index (χ2v) is 15.8. The first kappa shape index (κ1) is 39.9. The van der Waals surface area contributed by atoms with Crippen LogP contribution in [0.4, 0.5) is 15.9 Å². The van der Waals surface area contributed by atoms with Gasteiger partial charge in [-0.2, -0.15) is 5.26 Å². The maximum absolute atomic E-state index is 15.2. The van der Waals surface area contributed by atoms with Crippen molar-refractivity contribution in [1.82, 2.24) is 30.6 Å². The van der Waals surface area contributed by atoms with Gasteiger partial charge in [-0.15, -0.1) is 10.2 Å². The maximum atomic E-state index is 15.2. The van der Waals surface area contributed by atoms with Crippen LogP contribution in [0.1, 0.15) is 77.8 Å². The van der Waals surface area contributed by atoms with Gasteiger partial charge in [0.15, 0.2) is 11.5 Å². The lowest BCUT2D eigenvalue weighted by Gasteiger charge is -2.39. The fourth-order valence-corrected chi connectivity index (χ4v) is 8.42. The predicted octanol–water partition coefficient (Wildman–Crippen LogP) is 4.18. The molecule has 3 aromatic rings. The van der Waals surface area contributed by atoms with Crippen molar-refractivity contribution in [3.05, 3.63) is 76.2 Å². The summed E-state index contributed by atoms with van der Waals surface area (Å²) < 4.78 is 21.3. The van der Waals surface area contributed by atoms with Crippen LogP contribution in [0.2, 0.25) is 5.02 Å². The number of hydrogen-bond donors (Lipinski definition) is 2. The zero-order valence-electron chi connectivity index (χ0n) is 32.0. The first-order valence-corrected chi connectivity index (χ1v) is 20.1. The monoisotopic (exact) mass is 799 g/mol. The Kier molecular flexibility index (Phi) is 12.5. The summed E-state index contributed by atoms with van der Waals surface area (Å²) in [5.74, 6) is -0.439. The number of hydrogen-bond acceptors (Lipinski definition) is 11. The van der Waals surface area contributed by atoms with Crippen LogP contribution in [0.25, 0.3) is 0 Å². The summed E-state index contributed by atoms with van der Waals surface area (Å²) in [4.78, 5) is 57.8. The average molecular weight is 800 g/mol. The van der Waals surface area contributed by atoms with Gasteiger partial charge in [-0.3, -0.25) is 29.4 Å². The summed E-state index contributed by atoms with van der Waals surface area (Å²) in [6.07, 6.45) is 5.53. The normalized spacial score (nSPS) is 22.0. The number of imide groups is 1. The smallest absolute Gasteiger partial charge is 0.272 e. The van der Waals surface area contributed by atoms with Crippen LogP contribution in [-0.4, -0.2) is 115 Å². The van der Waals surface area contributed by atoms with Gasteiger partial charge in [0.2, 0.25) is 11.8 Å². The first-order chi connectivity index (χ1) is 27.5. The Bertz CT molecular complexity index is 2010. The van der Waals surface area contributed by atoms with Crippen molar-refractivity contribution in [2.45, 2.75) is 69.6 Å². The summed E-state index contributed by atoms with van der Waals surface area (Å²) in [5, 5.41) is 23.5. The Morgan fingerprint density at radius 2 is 1.70 bits per heavy atom. The number of nitrogens with zero attached hydrogens (tertiary/aromatic N) is 7. The summed E-state index contributed by atoms with van der Waals surface area (Å²) in [7, 11) is 1.46. The molecule has 1 atom stereocenters. The minimum absolute atomic E-state index is 0.0165. The van der Waals surface area contributed by atoms with Crippen LogP contribution in [0.5, 0.6) is 5.75 Å². The largest absolute Gasteiger partial charge is 0.490 e. The van der Waals surface area contributed by atoms with Crippen molar-refractivity contribution in [1.29, 1.82) is 5.26 Å². The molecule has 3 saturated heterocycles. The molecule has 4 aliphatic rings. The van der Waals surface area contributed by atoms with Crippen molar-refractivity contribution in [2.24, 2.45) is 5.92 Å². The van der Waals surface area contributed by atoms with Gasteiger partial charge in [0.25, 0.3) is 11.8 Å². The van der Waals surface area contributed by atoms with E-state index in [4.69, 9.17) is 21.6 Å². The molecule has 57 heavy (non-hydrogen) atoms. The summed E-state index contributed by atoms with van der Waals surface area (Å²) >= 11 is 6.14. The number of carbonyl (C=O) groups excluding carboxylic acids is 4. The van der Waals surface area contributed by atoms with Gasteiger partial charge < -0.3 is 24.8 Å². The van der Waals surface area contributed by atoms with Crippen LogP contribution in [0.3, 0.4) is 0 Å².